The molecule has 0 aliphatic rings. The molecule has 0 radical (unpaired) electrons. The molecule has 1 aromatic carbocycles. The fourth-order valence-corrected chi connectivity index (χ4v) is 1.75. The van der Waals surface area contributed by atoms with Crippen molar-refractivity contribution in [3.63, 3.8) is 0 Å². The maximum Gasteiger partial charge on any atom is 1.00 e. The quantitative estimate of drug-likeness (QED) is 0.661. The molecule has 1 aromatic rings. The van der Waals surface area contributed by atoms with E-state index in [2.05, 4.69) is 52.0 Å². The molecule has 0 nitrogen and oxygen atoms in total. The summed E-state index contributed by atoms with van der Waals surface area (Å²) in [4.78, 5) is 0. The molecule has 0 fully saturated rings. The zero-order valence-electron chi connectivity index (χ0n) is 11.9. The fraction of sp³-hybridized carbons (Fsp3) is 0.571. The smallest absolute Gasteiger partial charge is 1.00 e. The van der Waals surface area contributed by atoms with Gasteiger partial charge in [-0.25, -0.2) is 0 Å². The first-order valence-electron chi connectivity index (χ1n) is 5.65. The van der Waals surface area contributed by atoms with Crippen molar-refractivity contribution >= 4 is 0 Å². The molecule has 0 saturated heterocycles. The molecule has 0 saturated carbocycles. The summed E-state index contributed by atoms with van der Waals surface area (Å²) >= 11 is 0. The van der Waals surface area contributed by atoms with Crippen LogP contribution in [-0.4, -0.2) is 0 Å². The average molecular weight is 214 g/mol. The second-order valence-electron chi connectivity index (χ2n) is 5.01. The Hall–Kier alpha value is 0.220. The molecule has 0 unspecified atom stereocenters. The summed E-state index contributed by atoms with van der Waals surface area (Å²) in [5, 5.41) is 0. The van der Waals surface area contributed by atoms with Gasteiger partial charge >= 0.3 is 29.6 Å². The maximum atomic E-state index is 2.28. The van der Waals surface area contributed by atoms with Gasteiger partial charge in [0.15, 0.2) is 0 Å². The Labute approximate surface area is 118 Å². The normalized spacial score (nSPS) is 10.5. The molecule has 1 heteroatoms. The maximum absolute atomic E-state index is 2.28. The largest absolute Gasteiger partial charge is 1.00 e. The summed E-state index contributed by atoms with van der Waals surface area (Å²) in [6, 6.07) is 9.10. The molecule has 80 valence electrons. The molecule has 0 amide bonds. The summed E-state index contributed by atoms with van der Waals surface area (Å²) in [5.74, 6) is 1.51. The summed E-state index contributed by atoms with van der Waals surface area (Å²) in [6.45, 7) is 9.06. The van der Waals surface area contributed by atoms with Crippen molar-refractivity contribution in [3.8, 4) is 0 Å². The third-order valence-corrected chi connectivity index (χ3v) is 2.31. The van der Waals surface area contributed by atoms with Crippen molar-refractivity contribution in [3.05, 3.63) is 35.4 Å². The van der Waals surface area contributed by atoms with Crippen LogP contribution in [-0.2, 0) is 12.8 Å². The van der Waals surface area contributed by atoms with Crippen LogP contribution in [0.25, 0.3) is 0 Å². The van der Waals surface area contributed by atoms with Crippen molar-refractivity contribution in [1.29, 1.82) is 0 Å². The molecule has 0 aliphatic heterocycles. The van der Waals surface area contributed by atoms with Gasteiger partial charge in [-0.15, -0.1) is 0 Å². The fourth-order valence-electron chi connectivity index (χ4n) is 1.75. The van der Waals surface area contributed by atoms with Crippen LogP contribution in [0.4, 0.5) is 0 Å². The topological polar surface area (TPSA) is 0 Å². The van der Waals surface area contributed by atoms with Crippen molar-refractivity contribution in [1.82, 2.24) is 0 Å². The molecular formula is C14H23Na. The van der Waals surface area contributed by atoms with E-state index >= 15 is 0 Å². The van der Waals surface area contributed by atoms with E-state index in [1.165, 1.54) is 24.0 Å². The van der Waals surface area contributed by atoms with Gasteiger partial charge in [0.05, 0.1) is 0 Å². The molecule has 0 aliphatic carbocycles. The van der Waals surface area contributed by atoms with Crippen LogP contribution in [0.2, 0.25) is 0 Å². The number of hydrogen-bond acceptors (Lipinski definition) is 0. The molecule has 0 atom stereocenters. The van der Waals surface area contributed by atoms with E-state index in [9.17, 15) is 0 Å². The Morgan fingerprint density at radius 2 is 1.07 bits per heavy atom. The van der Waals surface area contributed by atoms with Gasteiger partial charge in [-0.2, -0.15) is 0 Å². The average Bonchev–Trinajstić information content (AvgIpc) is 2.06. The minimum Gasteiger partial charge on any atom is -1.00 e. The van der Waals surface area contributed by atoms with E-state index in [4.69, 9.17) is 0 Å². The Bertz CT molecular complexity index is 236. The molecule has 1 rings (SSSR count). The van der Waals surface area contributed by atoms with Crippen LogP contribution in [0.1, 0.15) is 40.2 Å². The molecule has 0 heterocycles. The molecule has 0 N–H and O–H groups in total. The van der Waals surface area contributed by atoms with Crippen molar-refractivity contribution in [2.24, 2.45) is 11.8 Å². The van der Waals surface area contributed by atoms with Gasteiger partial charge in [0.1, 0.15) is 0 Å². The Balaban J connectivity index is 0. The molecule has 15 heavy (non-hydrogen) atoms. The third-order valence-electron chi connectivity index (χ3n) is 2.31. The third kappa shape index (κ3) is 6.40. The SMILES string of the molecule is CC(C)Cc1ccc(CC(C)C)cc1.[H-].[Na+]. The summed E-state index contributed by atoms with van der Waals surface area (Å²) in [7, 11) is 0. The zero-order valence-corrected chi connectivity index (χ0v) is 12.9. The predicted molar refractivity (Wildman–Crippen MR) is 64.6 cm³/mol. The Morgan fingerprint density at radius 1 is 0.800 bits per heavy atom. The van der Waals surface area contributed by atoms with Gasteiger partial charge in [-0.1, -0.05) is 52.0 Å². The van der Waals surface area contributed by atoms with Crippen molar-refractivity contribution in [2.75, 3.05) is 0 Å². The Morgan fingerprint density at radius 3 is 1.27 bits per heavy atom. The first-order valence-corrected chi connectivity index (χ1v) is 5.65. The van der Waals surface area contributed by atoms with Crippen LogP contribution < -0.4 is 29.6 Å². The predicted octanol–water partition coefficient (Wildman–Crippen LogP) is 1.20. The summed E-state index contributed by atoms with van der Waals surface area (Å²) in [6.07, 6.45) is 2.39. The van der Waals surface area contributed by atoms with E-state index in [1.54, 1.807) is 0 Å². The summed E-state index contributed by atoms with van der Waals surface area (Å²) < 4.78 is 0. The van der Waals surface area contributed by atoms with Gasteiger partial charge in [0.2, 0.25) is 0 Å². The molecule has 0 aromatic heterocycles. The van der Waals surface area contributed by atoms with E-state index in [-0.39, 0.29) is 31.0 Å². The first kappa shape index (κ1) is 15.2. The summed E-state index contributed by atoms with van der Waals surface area (Å²) in [5.41, 5.74) is 2.93. The minimum atomic E-state index is 0. The second kappa shape index (κ2) is 7.49. The van der Waals surface area contributed by atoms with Gasteiger partial charge in [0, 0.05) is 0 Å². The van der Waals surface area contributed by atoms with E-state index in [0.717, 1.165) is 11.8 Å². The molecular weight excluding hydrogens is 191 g/mol. The van der Waals surface area contributed by atoms with Crippen molar-refractivity contribution in [2.45, 2.75) is 40.5 Å². The monoisotopic (exact) mass is 214 g/mol. The zero-order chi connectivity index (χ0) is 10.6. The van der Waals surface area contributed by atoms with Crippen LogP contribution in [0, 0.1) is 11.8 Å². The van der Waals surface area contributed by atoms with Gasteiger partial charge < -0.3 is 1.43 Å². The van der Waals surface area contributed by atoms with Crippen LogP contribution in [0.15, 0.2) is 24.3 Å². The van der Waals surface area contributed by atoms with Gasteiger partial charge in [0.25, 0.3) is 0 Å². The molecule has 0 bridgehead atoms. The number of benzene rings is 1. The Kier molecular flexibility index (Phi) is 7.60. The first-order chi connectivity index (χ1) is 6.58. The van der Waals surface area contributed by atoms with Crippen LogP contribution >= 0.6 is 0 Å². The van der Waals surface area contributed by atoms with Crippen LogP contribution in [0.3, 0.4) is 0 Å². The minimum absolute atomic E-state index is 0. The van der Waals surface area contributed by atoms with Gasteiger partial charge in [-0.05, 0) is 35.8 Å². The van der Waals surface area contributed by atoms with E-state index in [0.29, 0.717) is 0 Å². The standard InChI is InChI=1S/C14H22.Na.H/c1-11(2)9-13-5-7-14(8-6-13)10-12(3)4;;/h5-8,11-12H,9-10H2,1-4H3;;/q;+1;-1. The second-order valence-corrected chi connectivity index (χ2v) is 5.01. The number of hydrogen-bond donors (Lipinski definition) is 0. The van der Waals surface area contributed by atoms with Gasteiger partial charge in [-0.3, -0.25) is 0 Å². The molecule has 0 spiro atoms. The van der Waals surface area contributed by atoms with Crippen LogP contribution in [0.5, 0.6) is 0 Å². The van der Waals surface area contributed by atoms with E-state index in [1.807, 2.05) is 0 Å². The van der Waals surface area contributed by atoms with E-state index < -0.39 is 0 Å². The van der Waals surface area contributed by atoms with Crippen molar-refractivity contribution < 1.29 is 31.0 Å². The number of rotatable bonds is 4.